The number of benzene rings is 1. The summed E-state index contributed by atoms with van der Waals surface area (Å²) in [6, 6.07) is 7.65. The first kappa shape index (κ1) is 21.4. The summed E-state index contributed by atoms with van der Waals surface area (Å²) < 4.78 is 2.30. The molecule has 1 aliphatic carbocycles. The SMILES string of the molecule is C=CCn1c(SCC2CCCCC2)nnc1C1CCN(Cc2ccccc2O)CC1. The van der Waals surface area contributed by atoms with E-state index in [1.165, 1.54) is 32.1 Å². The van der Waals surface area contributed by atoms with Gasteiger partial charge in [-0.2, -0.15) is 0 Å². The third-order valence-corrected chi connectivity index (χ3v) is 7.77. The fraction of sp³-hybridized carbons (Fsp3) is 0.583. The Labute approximate surface area is 184 Å². The fourth-order valence-corrected chi connectivity index (χ4v) is 5.93. The predicted octanol–water partition coefficient (Wildman–Crippen LogP) is 5.22. The molecule has 1 aromatic heterocycles. The van der Waals surface area contributed by atoms with Crippen molar-refractivity contribution < 1.29 is 5.11 Å². The summed E-state index contributed by atoms with van der Waals surface area (Å²) in [5.74, 6) is 3.96. The van der Waals surface area contributed by atoms with Crippen LogP contribution in [0.1, 0.15) is 62.3 Å². The zero-order valence-corrected chi connectivity index (χ0v) is 18.7. The van der Waals surface area contributed by atoms with E-state index in [-0.39, 0.29) is 0 Å². The number of nitrogens with zero attached hydrogens (tertiary/aromatic N) is 4. The quantitative estimate of drug-likeness (QED) is 0.463. The van der Waals surface area contributed by atoms with Crippen LogP contribution in [0, 0.1) is 5.92 Å². The van der Waals surface area contributed by atoms with Gasteiger partial charge in [-0.25, -0.2) is 0 Å². The summed E-state index contributed by atoms with van der Waals surface area (Å²) in [5, 5.41) is 20.3. The van der Waals surface area contributed by atoms with E-state index in [2.05, 4.69) is 26.2 Å². The number of aromatic nitrogens is 3. The van der Waals surface area contributed by atoms with Gasteiger partial charge in [0.1, 0.15) is 11.6 Å². The van der Waals surface area contributed by atoms with Gasteiger partial charge in [-0.05, 0) is 50.8 Å². The van der Waals surface area contributed by atoms with Crippen LogP contribution >= 0.6 is 11.8 Å². The maximum atomic E-state index is 10.1. The first-order chi connectivity index (χ1) is 14.7. The third kappa shape index (κ3) is 5.27. The van der Waals surface area contributed by atoms with E-state index < -0.39 is 0 Å². The number of para-hydroxylation sites is 1. The lowest BCUT2D eigenvalue weighted by molar-refractivity contribution is 0.198. The molecule has 0 radical (unpaired) electrons. The number of phenolic OH excluding ortho intramolecular Hbond substituents is 1. The Bertz CT molecular complexity index is 822. The number of piperidine rings is 1. The van der Waals surface area contributed by atoms with E-state index in [0.29, 0.717) is 11.7 Å². The van der Waals surface area contributed by atoms with Crippen LogP contribution in [0.5, 0.6) is 5.75 Å². The van der Waals surface area contributed by atoms with Gasteiger partial charge in [0.25, 0.3) is 0 Å². The lowest BCUT2D eigenvalue weighted by Crippen LogP contribution is -2.33. The average molecular weight is 427 g/mol. The van der Waals surface area contributed by atoms with Gasteiger partial charge in [0.2, 0.25) is 0 Å². The van der Waals surface area contributed by atoms with Crippen LogP contribution in [0.3, 0.4) is 0 Å². The molecule has 162 valence electrons. The summed E-state index contributed by atoms with van der Waals surface area (Å²) in [5.41, 5.74) is 1.01. The Morgan fingerprint density at radius 2 is 1.83 bits per heavy atom. The van der Waals surface area contributed by atoms with Crippen molar-refractivity contribution in [3.63, 3.8) is 0 Å². The maximum Gasteiger partial charge on any atom is 0.191 e. The molecule has 4 rings (SSSR count). The van der Waals surface area contributed by atoms with Gasteiger partial charge in [0, 0.05) is 30.3 Å². The van der Waals surface area contributed by atoms with Crippen LogP contribution in [-0.4, -0.2) is 43.6 Å². The molecule has 1 saturated carbocycles. The van der Waals surface area contributed by atoms with Crippen LogP contribution in [0.15, 0.2) is 42.1 Å². The molecule has 1 aliphatic heterocycles. The van der Waals surface area contributed by atoms with Crippen molar-refractivity contribution in [2.75, 3.05) is 18.8 Å². The Balaban J connectivity index is 1.36. The van der Waals surface area contributed by atoms with Gasteiger partial charge in [-0.15, -0.1) is 16.8 Å². The summed E-state index contributed by atoms with van der Waals surface area (Å²) in [6.45, 7) is 7.59. The number of hydrogen-bond acceptors (Lipinski definition) is 5. The third-order valence-electron chi connectivity index (χ3n) is 6.57. The molecule has 2 aliphatic rings. The molecule has 0 spiro atoms. The summed E-state index contributed by atoms with van der Waals surface area (Å²) in [4.78, 5) is 2.43. The average Bonchev–Trinajstić information content (AvgIpc) is 3.18. The second-order valence-electron chi connectivity index (χ2n) is 8.73. The van der Waals surface area contributed by atoms with Crippen molar-refractivity contribution >= 4 is 11.8 Å². The van der Waals surface area contributed by atoms with Crippen molar-refractivity contribution in [2.24, 2.45) is 5.92 Å². The lowest BCUT2D eigenvalue weighted by atomic mass is 9.91. The van der Waals surface area contributed by atoms with Crippen molar-refractivity contribution in [2.45, 2.75) is 69.1 Å². The molecule has 0 atom stereocenters. The Kier molecular flexibility index (Phi) is 7.50. The minimum absolute atomic E-state index is 0.394. The van der Waals surface area contributed by atoms with E-state index in [0.717, 1.165) is 67.2 Å². The molecule has 0 amide bonds. The summed E-state index contributed by atoms with van der Waals surface area (Å²) >= 11 is 1.89. The molecule has 2 heterocycles. The van der Waals surface area contributed by atoms with E-state index >= 15 is 0 Å². The van der Waals surface area contributed by atoms with Gasteiger partial charge < -0.3 is 9.67 Å². The molecular formula is C24H34N4OS. The van der Waals surface area contributed by atoms with Crippen LogP contribution in [0.4, 0.5) is 0 Å². The van der Waals surface area contributed by atoms with E-state index in [4.69, 9.17) is 0 Å². The Morgan fingerprint density at radius 3 is 2.57 bits per heavy atom. The van der Waals surface area contributed by atoms with Crippen LogP contribution in [0.25, 0.3) is 0 Å². The zero-order valence-electron chi connectivity index (χ0n) is 17.9. The minimum Gasteiger partial charge on any atom is -0.508 e. The number of hydrogen-bond donors (Lipinski definition) is 1. The molecule has 0 unspecified atom stereocenters. The number of phenols is 1. The molecule has 0 bridgehead atoms. The fourth-order valence-electron chi connectivity index (χ4n) is 4.79. The number of aromatic hydroxyl groups is 1. The molecule has 2 aromatic rings. The van der Waals surface area contributed by atoms with Gasteiger partial charge in [0.15, 0.2) is 5.16 Å². The number of rotatable bonds is 8. The Hall–Kier alpha value is -1.79. The second kappa shape index (κ2) is 10.5. The highest BCUT2D eigenvalue weighted by atomic mass is 32.2. The van der Waals surface area contributed by atoms with Gasteiger partial charge in [0.05, 0.1) is 0 Å². The highest BCUT2D eigenvalue weighted by molar-refractivity contribution is 7.99. The molecular weight excluding hydrogens is 392 g/mol. The van der Waals surface area contributed by atoms with E-state index in [1.807, 2.05) is 36.0 Å². The smallest absolute Gasteiger partial charge is 0.191 e. The first-order valence-electron chi connectivity index (χ1n) is 11.4. The van der Waals surface area contributed by atoms with Crippen molar-refractivity contribution in [3.8, 4) is 5.75 Å². The topological polar surface area (TPSA) is 54.2 Å². The standard InChI is InChI=1S/C24H34N4OS/c1-2-14-28-23(25-26-24(28)30-18-19-8-4-3-5-9-19)20-12-15-27(16-13-20)17-21-10-6-7-11-22(21)29/h2,6-7,10-11,19-20,29H,1,3-5,8-9,12-18H2. The van der Waals surface area contributed by atoms with Gasteiger partial charge in [-0.1, -0.05) is 55.3 Å². The van der Waals surface area contributed by atoms with Gasteiger partial charge >= 0.3 is 0 Å². The van der Waals surface area contributed by atoms with Crippen molar-refractivity contribution in [1.29, 1.82) is 0 Å². The van der Waals surface area contributed by atoms with Gasteiger partial charge in [-0.3, -0.25) is 4.90 Å². The monoisotopic (exact) mass is 426 g/mol. The molecule has 1 saturated heterocycles. The lowest BCUT2D eigenvalue weighted by Gasteiger charge is -2.31. The Morgan fingerprint density at radius 1 is 1.07 bits per heavy atom. The molecule has 1 aromatic carbocycles. The second-order valence-corrected chi connectivity index (χ2v) is 9.72. The highest BCUT2D eigenvalue weighted by Gasteiger charge is 2.27. The summed E-state index contributed by atoms with van der Waals surface area (Å²) in [7, 11) is 0. The molecule has 2 fully saturated rings. The van der Waals surface area contributed by atoms with Crippen molar-refractivity contribution in [1.82, 2.24) is 19.7 Å². The van der Waals surface area contributed by atoms with Crippen LogP contribution in [0.2, 0.25) is 0 Å². The van der Waals surface area contributed by atoms with Crippen LogP contribution in [-0.2, 0) is 13.1 Å². The summed E-state index contributed by atoms with van der Waals surface area (Å²) in [6.07, 6.45) is 11.0. The molecule has 6 heteroatoms. The molecule has 5 nitrogen and oxygen atoms in total. The number of thioether (sulfide) groups is 1. The largest absolute Gasteiger partial charge is 0.508 e. The van der Waals surface area contributed by atoms with Crippen molar-refractivity contribution in [3.05, 3.63) is 48.3 Å². The number of likely N-dealkylation sites (tertiary alicyclic amines) is 1. The molecule has 1 N–H and O–H groups in total. The minimum atomic E-state index is 0.394. The number of allylic oxidation sites excluding steroid dienone is 1. The maximum absolute atomic E-state index is 10.1. The highest BCUT2D eigenvalue weighted by Crippen LogP contribution is 2.33. The predicted molar refractivity (Wildman–Crippen MR) is 123 cm³/mol. The van der Waals surface area contributed by atoms with E-state index in [1.54, 1.807) is 6.07 Å². The first-order valence-corrected chi connectivity index (χ1v) is 12.4. The zero-order chi connectivity index (χ0) is 20.8. The van der Waals surface area contributed by atoms with E-state index in [9.17, 15) is 5.11 Å². The van der Waals surface area contributed by atoms with Crippen LogP contribution < -0.4 is 0 Å². The normalized spacial score (nSPS) is 19.2. The molecule has 30 heavy (non-hydrogen) atoms.